The molecule has 0 saturated carbocycles. The fraction of sp³-hybridized carbons (Fsp3) is 0.294. The van der Waals surface area contributed by atoms with Crippen molar-refractivity contribution in [3.8, 4) is 5.75 Å². The number of hydrogen-bond donors (Lipinski definition) is 0. The summed E-state index contributed by atoms with van der Waals surface area (Å²) in [6, 6.07) is 11.0. The summed E-state index contributed by atoms with van der Waals surface area (Å²) in [5, 5.41) is 0. The zero-order valence-electron chi connectivity index (χ0n) is 11.9. The van der Waals surface area contributed by atoms with Gasteiger partial charge in [0.2, 0.25) is 0 Å². The molecule has 1 atom stereocenters. The second-order valence-corrected chi connectivity index (χ2v) is 5.16. The fourth-order valence-corrected chi connectivity index (χ4v) is 2.54. The minimum Gasteiger partial charge on any atom is -0.496 e. The number of methoxy groups -OCH3 is 1. The molecule has 0 aromatic heterocycles. The molecule has 0 saturated heterocycles. The number of halogens is 2. The van der Waals surface area contributed by atoms with Crippen LogP contribution in [0.2, 0.25) is 0 Å². The summed E-state index contributed by atoms with van der Waals surface area (Å²) in [5.74, 6) is 0.244. The molecule has 0 aliphatic heterocycles. The zero-order valence-corrected chi connectivity index (χ0v) is 11.9. The summed E-state index contributed by atoms with van der Waals surface area (Å²) in [6.45, 7) is 4.16. The molecule has 0 fully saturated rings. The number of benzene rings is 2. The molecule has 2 aromatic rings. The maximum absolute atomic E-state index is 13.3. The van der Waals surface area contributed by atoms with E-state index >= 15 is 0 Å². The Labute approximate surface area is 118 Å². The van der Waals surface area contributed by atoms with Crippen LogP contribution < -0.4 is 4.74 Å². The van der Waals surface area contributed by atoms with Crippen LogP contribution in [-0.4, -0.2) is 7.11 Å². The molecule has 3 heteroatoms. The van der Waals surface area contributed by atoms with E-state index in [1.165, 1.54) is 31.4 Å². The van der Waals surface area contributed by atoms with Gasteiger partial charge in [-0.1, -0.05) is 32.0 Å². The van der Waals surface area contributed by atoms with E-state index in [9.17, 15) is 8.78 Å². The quantitative estimate of drug-likeness (QED) is 0.782. The van der Waals surface area contributed by atoms with Crippen molar-refractivity contribution in [3.05, 3.63) is 65.2 Å². The van der Waals surface area contributed by atoms with Crippen molar-refractivity contribution in [1.82, 2.24) is 0 Å². The molecule has 1 nitrogen and oxygen atoms in total. The summed E-state index contributed by atoms with van der Waals surface area (Å²) in [5.41, 5.74) is 1.90. The van der Waals surface area contributed by atoms with Crippen LogP contribution in [0, 0.1) is 17.6 Å². The highest BCUT2D eigenvalue weighted by Gasteiger charge is 2.22. The van der Waals surface area contributed by atoms with Crippen LogP contribution >= 0.6 is 0 Å². The van der Waals surface area contributed by atoms with Gasteiger partial charge in [0.15, 0.2) is 0 Å². The van der Waals surface area contributed by atoms with E-state index in [2.05, 4.69) is 13.8 Å². The third-order valence-electron chi connectivity index (χ3n) is 3.43. The predicted octanol–water partition coefficient (Wildman–Crippen LogP) is 4.76. The van der Waals surface area contributed by atoms with Gasteiger partial charge in [0, 0.05) is 17.5 Å². The Bertz CT molecular complexity index is 576. The van der Waals surface area contributed by atoms with Gasteiger partial charge in [0.1, 0.15) is 17.4 Å². The van der Waals surface area contributed by atoms with Crippen molar-refractivity contribution in [3.63, 3.8) is 0 Å². The Kier molecular flexibility index (Phi) is 4.38. The van der Waals surface area contributed by atoms with Crippen molar-refractivity contribution in [2.45, 2.75) is 19.8 Å². The molecule has 1 unspecified atom stereocenters. The minimum absolute atomic E-state index is 0.0335. The smallest absolute Gasteiger partial charge is 0.126 e. The Morgan fingerprint density at radius 2 is 1.50 bits per heavy atom. The lowest BCUT2D eigenvalue weighted by atomic mass is 9.82. The summed E-state index contributed by atoms with van der Waals surface area (Å²) in [6.07, 6.45) is 0. The topological polar surface area (TPSA) is 9.23 Å². The Morgan fingerprint density at radius 1 is 0.900 bits per heavy atom. The Morgan fingerprint density at radius 3 is 2.05 bits per heavy atom. The maximum atomic E-state index is 13.3. The summed E-state index contributed by atoms with van der Waals surface area (Å²) >= 11 is 0. The van der Waals surface area contributed by atoms with Gasteiger partial charge in [-0.25, -0.2) is 8.78 Å². The van der Waals surface area contributed by atoms with Gasteiger partial charge in [-0.3, -0.25) is 0 Å². The average molecular weight is 276 g/mol. The fourth-order valence-electron chi connectivity index (χ4n) is 2.54. The molecule has 2 aromatic carbocycles. The van der Waals surface area contributed by atoms with Gasteiger partial charge >= 0.3 is 0 Å². The third kappa shape index (κ3) is 2.98. The largest absolute Gasteiger partial charge is 0.496 e. The van der Waals surface area contributed by atoms with Crippen LogP contribution in [0.4, 0.5) is 8.78 Å². The van der Waals surface area contributed by atoms with Crippen LogP contribution in [0.1, 0.15) is 30.9 Å². The highest BCUT2D eigenvalue weighted by atomic mass is 19.1. The van der Waals surface area contributed by atoms with E-state index in [4.69, 9.17) is 4.74 Å². The molecule has 0 N–H and O–H groups in total. The van der Waals surface area contributed by atoms with Gasteiger partial charge in [0.25, 0.3) is 0 Å². The second kappa shape index (κ2) is 6.04. The van der Waals surface area contributed by atoms with Gasteiger partial charge in [-0.15, -0.1) is 0 Å². The van der Waals surface area contributed by atoms with Crippen molar-refractivity contribution in [2.75, 3.05) is 7.11 Å². The number of rotatable bonds is 4. The molecule has 20 heavy (non-hydrogen) atoms. The summed E-state index contributed by atoms with van der Waals surface area (Å²) in [4.78, 5) is 0. The zero-order chi connectivity index (χ0) is 14.7. The first-order chi connectivity index (χ1) is 9.52. The molecule has 0 amide bonds. The van der Waals surface area contributed by atoms with Gasteiger partial charge in [-0.05, 0) is 29.7 Å². The van der Waals surface area contributed by atoms with E-state index < -0.39 is 0 Å². The van der Waals surface area contributed by atoms with Crippen LogP contribution in [0.5, 0.6) is 5.75 Å². The lowest BCUT2D eigenvalue weighted by molar-refractivity contribution is 0.398. The van der Waals surface area contributed by atoms with Crippen LogP contribution in [0.15, 0.2) is 42.5 Å². The molecule has 106 valence electrons. The normalized spacial score (nSPS) is 12.5. The Balaban J connectivity index is 2.51. The van der Waals surface area contributed by atoms with Crippen molar-refractivity contribution >= 4 is 0 Å². The molecular weight excluding hydrogens is 258 g/mol. The minimum atomic E-state index is -0.327. The van der Waals surface area contributed by atoms with Crippen LogP contribution in [0.25, 0.3) is 0 Å². The maximum Gasteiger partial charge on any atom is 0.126 e. The molecule has 2 rings (SSSR count). The Hall–Kier alpha value is -1.90. The van der Waals surface area contributed by atoms with Gasteiger partial charge < -0.3 is 4.74 Å². The van der Waals surface area contributed by atoms with Crippen molar-refractivity contribution < 1.29 is 13.5 Å². The van der Waals surface area contributed by atoms with E-state index in [-0.39, 0.29) is 23.5 Å². The first-order valence-electron chi connectivity index (χ1n) is 6.62. The molecule has 0 aliphatic rings. The first kappa shape index (κ1) is 14.5. The monoisotopic (exact) mass is 276 g/mol. The number of ether oxygens (including phenoxy) is 1. The van der Waals surface area contributed by atoms with E-state index in [1.54, 1.807) is 18.2 Å². The standard InChI is InChI=1S/C17H18F2O/c1-11(2)17(12-4-6-13(18)7-5-12)15-9-8-14(19)10-16(15)20-3/h4-11,17H,1-3H3. The molecular formula is C17H18F2O. The van der Waals surface area contributed by atoms with Gasteiger partial charge in [0.05, 0.1) is 7.11 Å². The van der Waals surface area contributed by atoms with E-state index in [1.807, 2.05) is 0 Å². The van der Waals surface area contributed by atoms with E-state index in [0.29, 0.717) is 5.75 Å². The molecule has 0 aliphatic carbocycles. The molecule has 0 spiro atoms. The lowest BCUT2D eigenvalue weighted by Crippen LogP contribution is -2.10. The summed E-state index contributed by atoms with van der Waals surface area (Å²) in [7, 11) is 1.53. The summed E-state index contributed by atoms with van der Waals surface area (Å²) < 4.78 is 31.7. The SMILES string of the molecule is COc1cc(F)ccc1C(c1ccc(F)cc1)C(C)C. The van der Waals surface area contributed by atoms with Crippen LogP contribution in [-0.2, 0) is 0 Å². The first-order valence-corrected chi connectivity index (χ1v) is 6.62. The highest BCUT2D eigenvalue weighted by Crippen LogP contribution is 2.37. The van der Waals surface area contributed by atoms with Gasteiger partial charge in [-0.2, -0.15) is 0 Å². The van der Waals surface area contributed by atoms with Crippen LogP contribution in [0.3, 0.4) is 0 Å². The third-order valence-corrected chi connectivity index (χ3v) is 3.43. The lowest BCUT2D eigenvalue weighted by Gasteiger charge is -2.24. The van der Waals surface area contributed by atoms with Crippen molar-refractivity contribution in [2.24, 2.45) is 5.92 Å². The predicted molar refractivity (Wildman–Crippen MR) is 76.0 cm³/mol. The molecule has 0 bridgehead atoms. The van der Waals surface area contributed by atoms with Crippen molar-refractivity contribution in [1.29, 1.82) is 0 Å². The second-order valence-electron chi connectivity index (χ2n) is 5.16. The average Bonchev–Trinajstić information content (AvgIpc) is 2.42. The molecule has 0 radical (unpaired) electrons. The highest BCUT2D eigenvalue weighted by molar-refractivity contribution is 5.43. The number of hydrogen-bond acceptors (Lipinski definition) is 1. The molecule has 0 heterocycles. The van der Waals surface area contributed by atoms with E-state index in [0.717, 1.165) is 11.1 Å².